The predicted octanol–water partition coefficient (Wildman–Crippen LogP) is 3.43. The van der Waals surface area contributed by atoms with Crippen molar-refractivity contribution in [1.29, 1.82) is 0 Å². The fourth-order valence-electron chi connectivity index (χ4n) is 1.99. The average molecular weight is 247 g/mol. The van der Waals surface area contributed by atoms with Gasteiger partial charge in [0.25, 0.3) is 0 Å². The van der Waals surface area contributed by atoms with Crippen LogP contribution >= 0.6 is 11.3 Å². The van der Waals surface area contributed by atoms with Crippen LogP contribution in [0.4, 0.5) is 0 Å². The summed E-state index contributed by atoms with van der Waals surface area (Å²) in [7, 11) is 0. The second-order valence-corrected chi connectivity index (χ2v) is 5.32. The van der Waals surface area contributed by atoms with Gasteiger partial charge in [-0.3, -0.25) is 0 Å². The van der Waals surface area contributed by atoms with Crippen LogP contribution in [0.2, 0.25) is 0 Å². The monoisotopic (exact) mass is 247 g/mol. The zero-order valence-corrected chi connectivity index (χ0v) is 11.0. The highest BCUT2D eigenvalue weighted by atomic mass is 32.1. The first-order chi connectivity index (χ1) is 8.16. The van der Waals surface area contributed by atoms with Gasteiger partial charge in [0.15, 0.2) is 0 Å². The van der Waals surface area contributed by atoms with Crippen molar-refractivity contribution in [1.82, 2.24) is 4.98 Å². The maximum Gasteiger partial charge on any atom is 0.0925 e. The summed E-state index contributed by atoms with van der Waals surface area (Å²) < 4.78 is 0. The average Bonchev–Trinajstić information content (AvgIpc) is 2.78. The third kappa shape index (κ3) is 3.14. The van der Waals surface area contributed by atoms with Crippen LogP contribution in [0.3, 0.4) is 0 Å². The van der Waals surface area contributed by atoms with Crippen molar-refractivity contribution in [2.24, 2.45) is 0 Å². The molecule has 17 heavy (non-hydrogen) atoms. The number of aliphatic hydroxyl groups excluding tert-OH is 1. The van der Waals surface area contributed by atoms with Gasteiger partial charge in [0, 0.05) is 18.0 Å². The van der Waals surface area contributed by atoms with E-state index < -0.39 is 0 Å². The highest BCUT2D eigenvalue weighted by Crippen LogP contribution is 2.23. The highest BCUT2D eigenvalue weighted by molar-refractivity contribution is 7.09. The molecule has 1 N–H and O–H groups in total. The maximum absolute atomic E-state index is 10.2. The van der Waals surface area contributed by atoms with Crippen LogP contribution in [-0.4, -0.2) is 10.1 Å². The molecule has 0 aliphatic rings. The van der Waals surface area contributed by atoms with E-state index >= 15 is 0 Å². The van der Waals surface area contributed by atoms with Crippen LogP contribution in [0.5, 0.6) is 0 Å². The minimum Gasteiger partial charge on any atom is -0.388 e. The summed E-state index contributed by atoms with van der Waals surface area (Å²) in [4.78, 5) is 4.23. The number of nitrogens with zero attached hydrogens (tertiary/aromatic N) is 1. The number of hydrogen-bond acceptors (Lipinski definition) is 3. The van der Waals surface area contributed by atoms with E-state index in [2.05, 4.69) is 31.0 Å². The van der Waals surface area contributed by atoms with Gasteiger partial charge in [-0.05, 0) is 31.4 Å². The van der Waals surface area contributed by atoms with E-state index in [-0.39, 0.29) is 6.10 Å². The minimum absolute atomic E-state index is 0.389. The smallest absolute Gasteiger partial charge is 0.0925 e. The van der Waals surface area contributed by atoms with Gasteiger partial charge in [-0.15, -0.1) is 11.3 Å². The minimum atomic E-state index is -0.389. The zero-order valence-electron chi connectivity index (χ0n) is 10.2. The summed E-state index contributed by atoms with van der Waals surface area (Å²) >= 11 is 1.64. The quantitative estimate of drug-likeness (QED) is 0.898. The van der Waals surface area contributed by atoms with Gasteiger partial charge in [-0.2, -0.15) is 0 Å². The molecule has 0 amide bonds. The number of rotatable bonds is 4. The molecule has 1 heterocycles. The Bertz CT molecular complexity index is 479. The molecule has 1 unspecified atom stereocenters. The molecule has 0 fully saturated rings. The van der Waals surface area contributed by atoms with Gasteiger partial charge >= 0.3 is 0 Å². The van der Waals surface area contributed by atoms with Crippen molar-refractivity contribution in [2.45, 2.75) is 32.8 Å². The molecule has 1 aromatic carbocycles. The van der Waals surface area contributed by atoms with E-state index in [0.717, 1.165) is 29.0 Å². The van der Waals surface area contributed by atoms with E-state index in [1.807, 2.05) is 17.6 Å². The molecule has 3 heteroatoms. The van der Waals surface area contributed by atoms with Crippen LogP contribution in [-0.2, 0) is 6.42 Å². The lowest BCUT2D eigenvalue weighted by atomic mass is 9.98. The van der Waals surface area contributed by atoms with E-state index in [4.69, 9.17) is 0 Å². The van der Waals surface area contributed by atoms with Crippen molar-refractivity contribution in [3.63, 3.8) is 0 Å². The number of hydrogen-bond donors (Lipinski definition) is 1. The summed E-state index contributed by atoms with van der Waals surface area (Å²) in [5.41, 5.74) is 3.43. The first kappa shape index (κ1) is 12.3. The Balaban J connectivity index is 2.01. The van der Waals surface area contributed by atoms with Gasteiger partial charge in [-0.1, -0.05) is 23.8 Å². The van der Waals surface area contributed by atoms with Gasteiger partial charge in [0.2, 0.25) is 0 Å². The summed E-state index contributed by atoms with van der Waals surface area (Å²) in [6.45, 7) is 4.12. The second-order valence-electron chi connectivity index (χ2n) is 4.34. The Labute approximate surface area is 106 Å². The standard InChI is InChI=1S/C14H17NOS/c1-10-3-4-12(11(2)9-10)13(16)5-6-14-15-7-8-17-14/h3-4,7-9,13,16H,5-6H2,1-2H3. The van der Waals surface area contributed by atoms with E-state index in [1.165, 1.54) is 5.56 Å². The Morgan fingerprint density at radius 2 is 2.18 bits per heavy atom. The van der Waals surface area contributed by atoms with Crippen molar-refractivity contribution < 1.29 is 5.11 Å². The Hall–Kier alpha value is -1.19. The van der Waals surface area contributed by atoms with Gasteiger partial charge in [0.05, 0.1) is 11.1 Å². The van der Waals surface area contributed by atoms with Crippen molar-refractivity contribution in [3.8, 4) is 0 Å². The van der Waals surface area contributed by atoms with E-state index in [0.29, 0.717) is 0 Å². The van der Waals surface area contributed by atoms with Crippen LogP contribution in [0, 0.1) is 13.8 Å². The normalized spacial score (nSPS) is 12.6. The summed E-state index contributed by atoms with van der Waals surface area (Å²) in [5, 5.41) is 13.2. The van der Waals surface area contributed by atoms with Crippen molar-refractivity contribution in [3.05, 3.63) is 51.5 Å². The van der Waals surface area contributed by atoms with Crippen LogP contribution in [0.1, 0.15) is 34.2 Å². The highest BCUT2D eigenvalue weighted by Gasteiger charge is 2.11. The fourth-order valence-corrected chi connectivity index (χ4v) is 2.63. The molecular weight excluding hydrogens is 230 g/mol. The molecule has 0 bridgehead atoms. The first-order valence-corrected chi connectivity index (χ1v) is 6.68. The Morgan fingerprint density at radius 1 is 1.35 bits per heavy atom. The van der Waals surface area contributed by atoms with Gasteiger partial charge in [0.1, 0.15) is 0 Å². The molecule has 90 valence electrons. The van der Waals surface area contributed by atoms with Gasteiger partial charge in [-0.25, -0.2) is 4.98 Å². The number of aryl methyl sites for hydroxylation is 3. The number of benzene rings is 1. The first-order valence-electron chi connectivity index (χ1n) is 5.80. The second kappa shape index (κ2) is 5.43. The maximum atomic E-state index is 10.2. The predicted molar refractivity (Wildman–Crippen MR) is 71.3 cm³/mol. The SMILES string of the molecule is Cc1ccc(C(O)CCc2nccs2)c(C)c1. The topological polar surface area (TPSA) is 33.1 Å². The summed E-state index contributed by atoms with van der Waals surface area (Å²) in [5.74, 6) is 0. The molecule has 0 saturated carbocycles. The Kier molecular flexibility index (Phi) is 3.92. The molecule has 0 radical (unpaired) electrons. The van der Waals surface area contributed by atoms with Crippen LogP contribution < -0.4 is 0 Å². The number of aromatic nitrogens is 1. The van der Waals surface area contributed by atoms with Gasteiger partial charge < -0.3 is 5.11 Å². The third-order valence-electron chi connectivity index (χ3n) is 2.90. The molecule has 1 atom stereocenters. The molecule has 2 nitrogen and oxygen atoms in total. The Morgan fingerprint density at radius 3 is 2.82 bits per heavy atom. The number of aliphatic hydroxyl groups is 1. The number of thiazole rings is 1. The third-order valence-corrected chi connectivity index (χ3v) is 3.74. The lowest BCUT2D eigenvalue weighted by Crippen LogP contribution is -2.02. The largest absolute Gasteiger partial charge is 0.388 e. The van der Waals surface area contributed by atoms with Crippen LogP contribution in [0.15, 0.2) is 29.8 Å². The lowest BCUT2D eigenvalue weighted by Gasteiger charge is -2.13. The molecular formula is C14H17NOS. The molecule has 0 spiro atoms. The summed E-state index contributed by atoms with van der Waals surface area (Å²) in [6.07, 6.45) is 2.99. The molecule has 0 aliphatic heterocycles. The summed E-state index contributed by atoms with van der Waals surface area (Å²) in [6, 6.07) is 6.19. The zero-order chi connectivity index (χ0) is 12.3. The fraction of sp³-hybridized carbons (Fsp3) is 0.357. The van der Waals surface area contributed by atoms with E-state index in [9.17, 15) is 5.11 Å². The van der Waals surface area contributed by atoms with Crippen molar-refractivity contribution in [2.75, 3.05) is 0 Å². The molecule has 0 aliphatic carbocycles. The molecule has 1 aromatic heterocycles. The van der Waals surface area contributed by atoms with Crippen LogP contribution in [0.25, 0.3) is 0 Å². The molecule has 2 rings (SSSR count). The van der Waals surface area contributed by atoms with E-state index in [1.54, 1.807) is 11.3 Å². The van der Waals surface area contributed by atoms with Crippen molar-refractivity contribution >= 4 is 11.3 Å². The molecule has 0 saturated heterocycles. The molecule has 2 aromatic rings. The lowest BCUT2D eigenvalue weighted by molar-refractivity contribution is 0.167.